The van der Waals surface area contributed by atoms with Crippen molar-refractivity contribution in [2.45, 2.75) is 12.6 Å². The highest BCUT2D eigenvalue weighted by Gasteiger charge is 2.30. The van der Waals surface area contributed by atoms with Gasteiger partial charge in [-0.25, -0.2) is 9.98 Å². The summed E-state index contributed by atoms with van der Waals surface area (Å²) >= 11 is 0. The Kier molecular flexibility index (Phi) is 7.73. The summed E-state index contributed by atoms with van der Waals surface area (Å²) in [5.41, 5.74) is 9.28. The molecule has 2 unspecified atom stereocenters. The number of allylic oxidation sites excluding steroid dienone is 3. The SMILES string of the molecule is C1=CC(C2N=C(c3ccc(-n4c5ccc6ccccc6c5c5c6ccccc6ccc54)c4c3oc3ccc5ccccc5c34)N=C(c3ccccc3)N2)CC=C1c1ccccc1. The van der Waals surface area contributed by atoms with Gasteiger partial charge in [0.2, 0.25) is 0 Å². The normalized spacial score (nSPS) is 16.7. The molecule has 13 rings (SSSR count). The lowest BCUT2D eigenvalue weighted by atomic mass is 9.90. The van der Waals surface area contributed by atoms with Crippen LogP contribution in [0, 0.1) is 5.92 Å². The van der Waals surface area contributed by atoms with Crippen molar-refractivity contribution < 1.29 is 4.42 Å². The highest BCUT2D eigenvalue weighted by molar-refractivity contribution is 6.31. The minimum atomic E-state index is -0.249. The van der Waals surface area contributed by atoms with Crippen molar-refractivity contribution in [3.05, 3.63) is 217 Å². The van der Waals surface area contributed by atoms with E-state index in [0.29, 0.717) is 5.84 Å². The number of hydrogen-bond donors (Lipinski definition) is 1. The van der Waals surface area contributed by atoms with Gasteiger partial charge >= 0.3 is 0 Å². The molecular weight excluding hydrogens is 757 g/mol. The van der Waals surface area contributed by atoms with Gasteiger partial charge in [0.15, 0.2) is 5.84 Å². The topological polar surface area (TPSA) is 54.8 Å². The van der Waals surface area contributed by atoms with Gasteiger partial charge in [0.05, 0.1) is 27.7 Å². The van der Waals surface area contributed by atoms with E-state index in [0.717, 1.165) is 72.8 Å². The largest absolute Gasteiger partial charge is 0.455 e. The van der Waals surface area contributed by atoms with E-state index in [2.05, 4.69) is 204 Å². The zero-order valence-corrected chi connectivity index (χ0v) is 33.7. The van der Waals surface area contributed by atoms with E-state index in [1.165, 1.54) is 43.5 Å². The number of fused-ring (bicyclic) bond motifs is 12. The number of hydrogen-bond acceptors (Lipinski definition) is 4. The van der Waals surface area contributed by atoms with E-state index in [1.54, 1.807) is 0 Å². The third-order valence-corrected chi connectivity index (χ3v) is 13.0. The van der Waals surface area contributed by atoms with Crippen LogP contribution in [0.25, 0.3) is 87.3 Å². The first-order chi connectivity index (χ1) is 30.7. The zero-order valence-electron chi connectivity index (χ0n) is 33.7. The van der Waals surface area contributed by atoms with E-state index < -0.39 is 0 Å². The molecule has 2 aliphatic rings. The highest BCUT2D eigenvalue weighted by Crippen LogP contribution is 2.45. The molecular formula is C57H38N4O. The van der Waals surface area contributed by atoms with Crippen molar-refractivity contribution in [2.24, 2.45) is 15.9 Å². The summed E-state index contributed by atoms with van der Waals surface area (Å²) in [5.74, 6) is 1.56. The maximum atomic E-state index is 7.13. The molecule has 0 bridgehead atoms. The standard InChI is InChI=1S/C57H38N4O/c1-3-13-35(14-4-1)36-23-25-41(26-24-36)56-58-55(40-18-5-2-6-19-40)59-57(60-56)45-30-33-48(53-52-44-22-12-9-17-39(44)29-34-49(52)62-54(45)53)61-46-31-27-37-15-7-10-20-42(37)50(46)51-43-21-11-8-16-38(43)28-32-47(51)61/h1-25,27-34,41,56H,26H2,(H,58,59,60). The van der Waals surface area contributed by atoms with Gasteiger partial charge < -0.3 is 14.3 Å². The summed E-state index contributed by atoms with van der Waals surface area (Å²) in [6, 6.07) is 64.9. The average Bonchev–Trinajstić information content (AvgIpc) is 3.92. The van der Waals surface area contributed by atoms with Gasteiger partial charge in [-0.1, -0.05) is 170 Å². The molecule has 5 heteroatoms. The van der Waals surface area contributed by atoms with Crippen LogP contribution in [0.4, 0.5) is 0 Å². The van der Waals surface area contributed by atoms with Crippen LogP contribution < -0.4 is 5.32 Å². The number of rotatable bonds is 5. The first-order valence-electron chi connectivity index (χ1n) is 21.4. The number of benzene rings is 9. The van der Waals surface area contributed by atoms with Crippen molar-refractivity contribution in [3.8, 4) is 5.69 Å². The van der Waals surface area contributed by atoms with Gasteiger partial charge in [-0.05, 0) is 80.2 Å². The number of aromatic nitrogens is 1. The molecule has 0 spiro atoms. The monoisotopic (exact) mass is 794 g/mol. The molecule has 9 aromatic carbocycles. The molecule has 1 aliphatic heterocycles. The first kappa shape index (κ1) is 34.8. The smallest absolute Gasteiger partial charge is 0.162 e. The number of furan rings is 1. The van der Waals surface area contributed by atoms with Crippen LogP contribution in [0.5, 0.6) is 0 Å². The molecule has 292 valence electrons. The van der Waals surface area contributed by atoms with E-state index in [9.17, 15) is 0 Å². The van der Waals surface area contributed by atoms with E-state index in [1.807, 2.05) is 6.07 Å². The Labute approximate surface area is 357 Å². The van der Waals surface area contributed by atoms with Crippen molar-refractivity contribution in [1.29, 1.82) is 0 Å². The van der Waals surface area contributed by atoms with Crippen molar-refractivity contribution in [3.63, 3.8) is 0 Å². The predicted molar refractivity (Wildman–Crippen MR) is 259 cm³/mol. The molecule has 0 fully saturated rings. The molecule has 5 nitrogen and oxygen atoms in total. The summed E-state index contributed by atoms with van der Waals surface area (Å²) in [4.78, 5) is 10.8. The lowest BCUT2D eigenvalue weighted by molar-refractivity contribution is 0.476. The molecule has 2 aromatic heterocycles. The molecule has 0 radical (unpaired) electrons. The summed E-state index contributed by atoms with van der Waals surface area (Å²) in [5, 5.41) is 15.6. The molecule has 1 aliphatic carbocycles. The predicted octanol–water partition coefficient (Wildman–Crippen LogP) is 13.9. The number of nitrogens with one attached hydrogen (secondary N) is 1. The van der Waals surface area contributed by atoms with E-state index in [4.69, 9.17) is 14.4 Å². The van der Waals surface area contributed by atoms with Crippen LogP contribution in [-0.4, -0.2) is 22.4 Å². The molecule has 2 atom stereocenters. The van der Waals surface area contributed by atoms with Crippen LogP contribution in [0.2, 0.25) is 0 Å². The quantitative estimate of drug-likeness (QED) is 0.189. The van der Waals surface area contributed by atoms with Crippen LogP contribution in [0.3, 0.4) is 0 Å². The third kappa shape index (κ3) is 5.35. The van der Waals surface area contributed by atoms with Gasteiger partial charge in [-0.3, -0.25) is 0 Å². The van der Waals surface area contributed by atoms with Gasteiger partial charge in [0.1, 0.15) is 23.2 Å². The second-order valence-corrected chi connectivity index (χ2v) is 16.4. The highest BCUT2D eigenvalue weighted by atomic mass is 16.3. The minimum absolute atomic E-state index is 0.114. The van der Waals surface area contributed by atoms with Crippen molar-refractivity contribution in [2.75, 3.05) is 0 Å². The second kappa shape index (κ2) is 13.8. The Morgan fingerprint density at radius 2 is 1.11 bits per heavy atom. The molecule has 11 aromatic rings. The van der Waals surface area contributed by atoms with E-state index >= 15 is 0 Å². The van der Waals surface area contributed by atoms with Gasteiger partial charge in [-0.2, -0.15) is 0 Å². The maximum Gasteiger partial charge on any atom is 0.162 e. The Morgan fingerprint density at radius 1 is 0.532 bits per heavy atom. The third-order valence-electron chi connectivity index (χ3n) is 13.0. The fourth-order valence-electron chi connectivity index (χ4n) is 10.1. The van der Waals surface area contributed by atoms with Crippen LogP contribution in [0.1, 0.15) is 23.1 Å². The average molecular weight is 795 g/mol. The molecule has 0 saturated carbocycles. The number of amidine groups is 2. The summed E-state index contributed by atoms with van der Waals surface area (Å²) in [6.07, 6.45) is 7.47. The fraction of sp³-hybridized carbons (Fsp3) is 0.0526. The Hall–Kier alpha value is -8.02. The molecule has 62 heavy (non-hydrogen) atoms. The lowest BCUT2D eigenvalue weighted by Crippen LogP contribution is -2.43. The molecule has 0 amide bonds. The summed E-state index contributed by atoms with van der Waals surface area (Å²) in [6.45, 7) is 0. The minimum Gasteiger partial charge on any atom is -0.455 e. The number of nitrogens with zero attached hydrogens (tertiary/aromatic N) is 3. The maximum absolute atomic E-state index is 7.13. The van der Waals surface area contributed by atoms with E-state index in [-0.39, 0.29) is 12.1 Å². The first-order valence-corrected chi connectivity index (χ1v) is 21.4. The Bertz CT molecular complexity index is 3660. The second-order valence-electron chi connectivity index (χ2n) is 16.4. The van der Waals surface area contributed by atoms with Gasteiger partial charge in [-0.15, -0.1) is 0 Å². The summed E-state index contributed by atoms with van der Waals surface area (Å²) < 4.78 is 9.59. The molecule has 3 heterocycles. The van der Waals surface area contributed by atoms with Crippen LogP contribution in [-0.2, 0) is 0 Å². The summed E-state index contributed by atoms with van der Waals surface area (Å²) in [7, 11) is 0. The van der Waals surface area contributed by atoms with Gasteiger partial charge in [0, 0.05) is 27.6 Å². The fourth-order valence-corrected chi connectivity index (χ4v) is 10.1. The zero-order chi connectivity index (χ0) is 40.7. The Morgan fingerprint density at radius 3 is 1.74 bits per heavy atom. The Balaban J connectivity index is 1.08. The van der Waals surface area contributed by atoms with Crippen LogP contribution in [0.15, 0.2) is 215 Å². The van der Waals surface area contributed by atoms with Crippen molar-refractivity contribution in [1.82, 2.24) is 9.88 Å². The van der Waals surface area contributed by atoms with Gasteiger partial charge in [0.25, 0.3) is 0 Å². The number of aliphatic imine (C=N–C) groups is 2. The van der Waals surface area contributed by atoms with Crippen molar-refractivity contribution >= 4 is 93.3 Å². The molecule has 0 saturated heterocycles. The molecule has 1 N–H and O–H groups in total. The lowest BCUT2D eigenvalue weighted by Gasteiger charge is -2.29. The van der Waals surface area contributed by atoms with Crippen LogP contribution >= 0.6 is 0 Å².